The molecule has 0 aromatic rings. The van der Waals surface area contributed by atoms with Crippen molar-refractivity contribution in [3.05, 3.63) is 36.5 Å². The Kier molecular flexibility index (Phi) is 24.7. The van der Waals surface area contributed by atoms with Gasteiger partial charge in [-0.2, -0.15) is 0 Å². The molecule has 0 saturated heterocycles. The van der Waals surface area contributed by atoms with Crippen molar-refractivity contribution in [2.75, 3.05) is 0 Å². The van der Waals surface area contributed by atoms with Crippen molar-refractivity contribution >= 4 is 5.97 Å². The Morgan fingerprint density at radius 3 is 1.40 bits per heavy atom. The molecular weight excluding hydrogens is 432 g/mol. The van der Waals surface area contributed by atoms with Gasteiger partial charge in [-0.3, -0.25) is 4.79 Å². The molecule has 0 bridgehead atoms. The second-order valence-electron chi connectivity index (χ2n) is 9.24. The van der Waals surface area contributed by atoms with Crippen LogP contribution in [0.1, 0.15) is 122 Å². The summed E-state index contributed by atoms with van der Waals surface area (Å²) in [6, 6.07) is 0. The van der Waals surface area contributed by atoms with Crippen molar-refractivity contribution in [2.45, 2.75) is 135 Å². The van der Waals surface area contributed by atoms with Gasteiger partial charge in [0.1, 0.15) is 6.10 Å². The zero-order valence-electron chi connectivity index (χ0n) is 22.3. The normalized spacial score (nSPS) is 13.3. The van der Waals surface area contributed by atoms with Gasteiger partial charge in [0.15, 0.2) is 6.10 Å². The first-order valence-electron chi connectivity index (χ1n) is 13.9. The molecule has 0 rings (SSSR count). The van der Waals surface area contributed by atoms with Gasteiger partial charge in [-0.25, -0.2) is 0 Å². The van der Waals surface area contributed by atoms with E-state index in [2.05, 4.69) is 24.0 Å². The fraction of sp³-hybridized carbons (Fsp3) is 0.656. The molecule has 0 unspecified atom stereocenters. The number of ether oxygens (including phenoxy) is 1. The highest BCUT2D eigenvalue weighted by Crippen LogP contribution is 2.12. The van der Waals surface area contributed by atoms with Crippen LogP contribution in [-0.2, 0) is 9.53 Å². The van der Waals surface area contributed by atoms with Gasteiger partial charge in [-0.15, -0.1) is 12.8 Å². The monoisotopic (exact) mass is 482 g/mol. The van der Waals surface area contributed by atoms with Gasteiger partial charge in [-0.1, -0.05) is 100 Å². The van der Waals surface area contributed by atoms with E-state index >= 15 is 0 Å². The zero-order chi connectivity index (χ0) is 25.8. The Bertz CT molecular complexity index is 659. The molecule has 196 valence electrons. The summed E-state index contributed by atoms with van der Waals surface area (Å²) in [5.74, 6) is 4.40. The van der Waals surface area contributed by atoms with Crippen LogP contribution >= 0.6 is 0 Å². The van der Waals surface area contributed by atoms with Gasteiger partial charge in [0.2, 0.25) is 0 Å². The minimum atomic E-state index is -0.726. The van der Waals surface area contributed by atoms with E-state index < -0.39 is 12.2 Å². The fourth-order valence-electron chi connectivity index (χ4n) is 3.86. The maximum Gasteiger partial charge on any atom is 0.304 e. The van der Waals surface area contributed by atoms with Crippen LogP contribution < -0.4 is 0 Å². The van der Waals surface area contributed by atoms with E-state index in [0.29, 0.717) is 0 Å². The van der Waals surface area contributed by atoms with Gasteiger partial charge in [0, 0.05) is 6.92 Å². The number of hydrogen-bond donors (Lipinski definition) is 1. The van der Waals surface area contributed by atoms with Crippen LogP contribution in [0, 0.1) is 24.7 Å². The highest BCUT2D eigenvalue weighted by Gasteiger charge is 2.02. The van der Waals surface area contributed by atoms with Gasteiger partial charge >= 0.3 is 5.97 Å². The number of carbonyl (C=O) groups excluding carboxylic acids is 1. The number of aliphatic hydroxyl groups is 1. The molecular formula is C32H50O3. The lowest BCUT2D eigenvalue weighted by Crippen LogP contribution is -2.10. The molecule has 0 radical (unpaired) electrons. The topological polar surface area (TPSA) is 46.5 Å². The summed E-state index contributed by atoms with van der Waals surface area (Å²) in [6.45, 7) is 1.38. The molecule has 0 spiro atoms. The number of rotatable bonds is 23. The largest absolute Gasteiger partial charge is 0.445 e. The smallest absolute Gasteiger partial charge is 0.304 e. The van der Waals surface area contributed by atoms with Gasteiger partial charge in [0.25, 0.3) is 0 Å². The lowest BCUT2D eigenvalue weighted by Gasteiger charge is -2.05. The van der Waals surface area contributed by atoms with Crippen LogP contribution in [-0.4, -0.2) is 23.3 Å². The number of terminal acetylenes is 2. The number of esters is 1. The molecule has 3 nitrogen and oxygen atoms in total. The predicted octanol–water partition coefficient (Wildman–Crippen LogP) is 8.24. The lowest BCUT2D eigenvalue weighted by atomic mass is 10.1. The van der Waals surface area contributed by atoms with Crippen LogP contribution in [0.25, 0.3) is 0 Å². The van der Waals surface area contributed by atoms with Crippen molar-refractivity contribution < 1.29 is 14.6 Å². The van der Waals surface area contributed by atoms with E-state index in [0.717, 1.165) is 19.3 Å². The van der Waals surface area contributed by atoms with Crippen molar-refractivity contribution in [2.24, 2.45) is 0 Å². The van der Waals surface area contributed by atoms with E-state index in [1.54, 1.807) is 12.2 Å². The number of carbonyl (C=O) groups is 1. The number of aliphatic hydroxyl groups excluding tert-OH is 1. The molecule has 0 fully saturated rings. The van der Waals surface area contributed by atoms with Crippen LogP contribution in [0.5, 0.6) is 0 Å². The minimum Gasteiger partial charge on any atom is -0.445 e. The molecule has 0 aliphatic heterocycles. The maximum atomic E-state index is 10.9. The van der Waals surface area contributed by atoms with Gasteiger partial charge < -0.3 is 9.84 Å². The zero-order valence-corrected chi connectivity index (χ0v) is 22.3. The highest BCUT2D eigenvalue weighted by atomic mass is 16.5. The third-order valence-electron chi connectivity index (χ3n) is 5.91. The van der Waals surface area contributed by atoms with Gasteiger partial charge in [0.05, 0.1) is 0 Å². The Morgan fingerprint density at radius 2 is 1.03 bits per heavy atom. The second-order valence-corrected chi connectivity index (χ2v) is 9.24. The van der Waals surface area contributed by atoms with Gasteiger partial charge in [-0.05, 0) is 63.5 Å². The van der Waals surface area contributed by atoms with Crippen molar-refractivity contribution in [3.63, 3.8) is 0 Å². The van der Waals surface area contributed by atoms with Crippen LogP contribution in [0.4, 0.5) is 0 Å². The number of unbranched alkanes of at least 4 members (excludes halogenated alkanes) is 16. The summed E-state index contributed by atoms with van der Waals surface area (Å²) in [4.78, 5) is 10.9. The molecule has 0 amide bonds. The van der Waals surface area contributed by atoms with Crippen LogP contribution in [0.15, 0.2) is 36.5 Å². The summed E-state index contributed by atoms with van der Waals surface area (Å²) < 4.78 is 4.98. The number of hydrogen-bond acceptors (Lipinski definition) is 3. The average Bonchev–Trinajstić information content (AvgIpc) is 2.85. The second kappa shape index (κ2) is 26.4. The summed E-state index contributed by atoms with van der Waals surface area (Å²) in [5.41, 5.74) is 0. The summed E-state index contributed by atoms with van der Waals surface area (Å²) in [7, 11) is 0. The molecule has 0 aromatic carbocycles. The maximum absolute atomic E-state index is 10.9. The summed E-state index contributed by atoms with van der Waals surface area (Å²) >= 11 is 0. The van der Waals surface area contributed by atoms with E-state index in [9.17, 15) is 9.90 Å². The standard InChI is InChI=1S/C32H50O3/c1-4-31(34)28-26-24-22-20-18-16-14-12-10-8-6-7-9-11-13-15-17-19-21-23-25-27-29-32(5-2)35-30(3)33/h1-2,6-7,26-29,31-32,34H,8-25H2,3H3/b7-6-,28-26+,29-27+/t31-,32+/m0/s1. The highest BCUT2D eigenvalue weighted by molar-refractivity contribution is 5.66. The molecule has 3 heteroatoms. The summed E-state index contributed by atoms with van der Waals surface area (Å²) in [6.07, 6.45) is 44.0. The molecule has 1 N–H and O–H groups in total. The third-order valence-corrected chi connectivity index (χ3v) is 5.91. The minimum absolute atomic E-state index is 0.341. The summed E-state index contributed by atoms with van der Waals surface area (Å²) in [5, 5.41) is 9.22. The number of allylic oxidation sites excluding steroid dienone is 4. The van der Waals surface area contributed by atoms with Crippen LogP contribution in [0.2, 0.25) is 0 Å². The molecule has 2 atom stereocenters. The molecule has 0 aliphatic carbocycles. The van der Waals surface area contributed by atoms with Crippen molar-refractivity contribution in [1.82, 2.24) is 0 Å². The Morgan fingerprint density at radius 1 is 0.657 bits per heavy atom. The lowest BCUT2D eigenvalue weighted by molar-refractivity contribution is -0.142. The quantitative estimate of drug-likeness (QED) is 0.0690. The third kappa shape index (κ3) is 26.2. The predicted molar refractivity (Wildman–Crippen MR) is 150 cm³/mol. The molecule has 0 aliphatic rings. The Balaban J connectivity index is 3.31. The van der Waals surface area contributed by atoms with E-state index in [4.69, 9.17) is 17.6 Å². The molecule has 35 heavy (non-hydrogen) atoms. The van der Waals surface area contributed by atoms with Crippen molar-refractivity contribution in [1.29, 1.82) is 0 Å². The van der Waals surface area contributed by atoms with E-state index in [1.807, 2.05) is 12.2 Å². The van der Waals surface area contributed by atoms with E-state index in [-0.39, 0.29) is 5.97 Å². The Hall–Kier alpha value is -2.23. The fourth-order valence-corrected chi connectivity index (χ4v) is 3.86. The first-order valence-corrected chi connectivity index (χ1v) is 13.9. The SMILES string of the molecule is C#C[C@H](/C=C/CCCCCCCCC/C=C\CCCCCCCCC/C=C/[C@@H](O)C#C)OC(C)=O. The first kappa shape index (κ1) is 32.8. The Labute approximate surface area is 216 Å². The molecule has 0 saturated carbocycles. The van der Waals surface area contributed by atoms with Crippen molar-refractivity contribution in [3.8, 4) is 24.7 Å². The molecule has 0 aromatic heterocycles. The molecule has 0 heterocycles. The van der Waals surface area contributed by atoms with Crippen LogP contribution in [0.3, 0.4) is 0 Å². The van der Waals surface area contributed by atoms with E-state index in [1.165, 1.54) is 103 Å². The average molecular weight is 483 g/mol. The first-order chi connectivity index (χ1) is 17.1.